The number of alkyl halides is 3. The average molecular weight is 407 g/mol. The van der Waals surface area contributed by atoms with E-state index in [1.165, 1.54) is 30.3 Å². The monoisotopic (exact) mass is 407 g/mol. The van der Waals surface area contributed by atoms with Crippen LogP contribution in [0.4, 0.5) is 13.2 Å². The first-order chi connectivity index (χ1) is 13.2. The van der Waals surface area contributed by atoms with Crippen molar-refractivity contribution < 1.29 is 30.7 Å². The maximum atomic E-state index is 13.0. The Balaban J connectivity index is 2.12. The number of hydrogen-bond acceptors (Lipinski definition) is 5. The van der Waals surface area contributed by atoms with E-state index in [1.54, 1.807) is 42.5 Å². The average Bonchev–Trinajstić information content (AvgIpc) is 2.67. The van der Waals surface area contributed by atoms with Gasteiger partial charge in [-0.15, -0.1) is 0 Å². The number of ketones is 1. The first-order valence-electron chi connectivity index (χ1n) is 7.86. The Labute approximate surface area is 158 Å². The lowest BCUT2D eigenvalue weighted by Crippen LogP contribution is -2.25. The van der Waals surface area contributed by atoms with Gasteiger partial charge in [0.15, 0.2) is 5.71 Å². The SMILES string of the molecule is O=C(/C(=N/OS(=O)(=O)C(F)(F)F)c1ccccc1)c1cccc2ccccc12. The molecular formula is C19H12F3NO4S. The summed E-state index contributed by atoms with van der Waals surface area (Å²) in [7, 11) is -6.00. The topological polar surface area (TPSA) is 72.8 Å². The quantitative estimate of drug-likeness (QED) is 0.274. The van der Waals surface area contributed by atoms with E-state index >= 15 is 0 Å². The number of hydrogen-bond donors (Lipinski definition) is 0. The second-order valence-corrected chi connectivity index (χ2v) is 7.16. The predicted molar refractivity (Wildman–Crippen MR) is 97.3 cm³/mol. The molecule has 3 aromatic carbocycles. The molecule has 28 heavy (non-hydrogen) atoms. The maximum Gasteiger partial charge on any atom is 0.536 e. The summed E-state index contributed by atoms with van der Waals surface area (Å²) in [5.41, 5.74) is -5.97. The molecule has 0 aliphatic rings. The molecule has 0 aromatic heterocycles. The summed E-state index contributed by atoms with van der Waals surface area (Å²) >= 11 is 0. The van der Waals surface area contributed by atoms with Crippen LogP contribution in [0.15, 0.2) is 78.0 Å². The summed E-state index contributed by atoms with van der Waals surface area (Å²) in [5, 5.41) is 4.34. The lowest BCUT2D eigenvalue weighted by atomic mass is 9.96. The van der Waals surface area contributed by atoms with E-state index in [1.807, 2.05) is 0 Å². The molecule has 0 fully saturated rings. The zero-order valence-corrected chi connectivity index (χ0v) is 14.9. The van der Waals surface area contributed by atoms with E-state index in [-0.39, 0.29) is 11.1 Å². The lowest BCUT2D eigenvalue weighted by molar-refractivity contribution is -0.0540. The van der Waals surface area contributed by atoms with Crippen LogP contribution in [0.2, 0.25) is 0 Å². The normalized spacial score (nSPS) is 12.8. The molecule has 3 rings (SSSR count). The molecule has 0 heterocycles. The van der Waals surface area contributed by atoms with Gasteiger partial charge in [-0.05, 0) is 10.8 Å². The molecule has 0 amide bonds. The molecule has 0 spiro atoms. The smallest absolute Gasteiger partial charge is 0.287 e. The number of Topliss-reactive ketones (excluding diaryl/α,β-unsaturated/α-hetero) is 1. The molecular weight excluding hydrogens is 395 g/mol. The fraction of sp³-hybridized carbons (Fsp3) is 0.0526. The van der Waals surface area contributed by atoms with Crippen molar-refractivity contribution in [3.05, 3.63) is 83.9 Å². The van der Waals surface area contributed by atoms with Crippen LogP contribution in [-0.2, 0) is 14.4 Å². The van der Waals surface area contributed by atoms with Gasteiger partial charge in [-0.3, -0.25) is 9.08 Å². The van der Waals surface area contributed by atoms with E-state index in [0.717, 1.165) is 5.39 Å². The Bertz CT molecular complexity index is 1150. The zero-order valence-electron chi connectivity index (χ0n) is 14.1. The van der Waals surface area contributed by atoms with Gasteiger partial charge < -0.3 is 0 Å². The Morgan fingerprint density at radius 1 is 0.857 bits per heavy atom. The van der Waals surface area contributed by atoms with Crippen molar-refractivity contribution in [1.82, 2.24) is 0 Å². The van der Waals surface area contributed by atoms with Gasteiger partial charge in [0, 0.05) is 11.1 Å². The van der Waals surface area contributed by atoms with Crippen LogP contribution in [0.25, 0.3) is 10.8 Å². The molecule has 0 aliphatic carbocycles. The number of oxime groups is 1. The highest BCUT2D eigenvalue weighted by molar-refractivity contribution is 7.87. The van der Waals surface area contributed by atoms with Crippen LogP contribution < -0.4 is 0 Å². The Morgan fingerprint density at radius 3 is 2.14 bits per heavy atom. The second-order valence-electron chi connectivity index (χ2n) is 5.64. The summed E-state index contributed by atoms with van der Waals surface area (Å²) in [5.74, 6) is -0.777. The number of carbonyl (C=O) groups is 1. The molecule has 0 aliphatic heterocycles. The van der Waals surface area contributed by atoms with E-state index in [0.29, 0.717) is 5.39 Å². The first kappa shape index (κ1) is 19.6. The third-order valence-corrected chi connectivity index (χ3v) is 4.64. The molecule has 0 unspecified atom stereocenters. The molecule has 0 N–H and O–H groups in total. The minimum atomic E-state index is -6.00. The van der Waals surface area contributed by atoms with Crippen LogP contribution in [-0.4, -0.2) is 25.4 Å². The van der Waals surface area contributed by atoms with Crippen LogP contribution >= 0.6 is 0 Å². The van der Waals surface area contributed by atoms with Crippen molar-refractivity contribution in [3.8, 4) is 0 Å². The number of fused-ring (bicyclic) bond motifs is 1. The van der Waals surface area contributed by atoms with Crippen molar-refractivity contribution in [2.24, 2.45) is 5.16 Å². The van der Waals surface area contributed by atoms with E-state index in [9.17, 15) is 26.4 Å². The summed E-state index contributed by atoms with van der Waals surface area (Å²) in [6.07, 6.45) is 0. The van der Waals surface area contributed by atoms with Gasteiger partial charge in [0.25, 0.3) is 0 Å². The molecule has 0 radical (unpaired) electrons. The van der Waals surface area contributed by atoms with Crippen molar-refractivity contribution in [1.29, 1.82) is 0 Å². The van der Waals surface area contributed by atoms with Gasteiger partial charge in [-0.1, -0.05) is 78.0 Å². The van der Waals surface area contributed by atoms with Gasteiger partial charge in [-0.2, -0.15) is 21.6 Å². The van der Waals surface area contributed by atoms with Crippen LogP contribution in [0.5, 0.6) is 0 Å². The van der Waals surface area contributed by atoms with Gasteiger partial charge in [0.2, 0.25) is 5.78 Å². The molecule has 0 saturated heterocycles. The lowest BCUT2D eigenvalue weighted by Gasteiger charge is -2.10. The fourth-order valence-electron chi connectivity index (χ4n) is 2.50. The Hall–Kier alpha value is -3.20. The highest BCUT2D eigenvalue weighted by Crippen LogP contribution is 2.26. The summed E-state index contributed by atoms with van der Waals surface area (Å²) < 4.78 is 63.8. The molecule has 5 nitrogen and oxygen atoms in total. The first-order valence-corrected chi connectivity index (χ1v) is 9.27. The largest absolute Gasteiger partial charge is 0.536 e. The molecule has 144 valence electrons. The van der Waals surface area contributed by atoms with Gasteiger partial charge in [-0.25, -0.2) is 0 Å². The van der Waals surface area contributed by atoms with Crippen LogP contribution in [0, 0.1) is 0 Å². The van der Waals surface area contributed by atoms with Gasteiger partial charge >= 0.3 is 15.6 Å². The van der Waals surface area contributed by atoms with E-state index in [2.05, 4.69) is 9.44 Å². The minimum Gasteiger partial charge on any atom is -0.287 e. The highest BCUT2D eigenvalue weighted by atomic mass is 32.2. The number of benzene rings is 3. The van der Waals surface area contributed by atoms with Crippen molar-refractivity contribution >= 4 is 32.4 Å². The summed E-state index contributed by atoms with van der Waals surface area (Å²) in [6, 6.07) is 19.2. The fourth-order valence-corrected chi connectivity index (χ4v) is 2.76. The maximum absolute atomic E-state index is 13.0. The van der Waals surface area contributed by atoms with Crippen molar-refractivity contribution in [3.63, 3.8) is 0 Å². The van der Waals surface area contributed by atoms with Gasteiger partial charge in [0.1, 0.15) is 0 Å². The van der Waals surface area contributed by atoms with E-state index in [4.69, 9.17) is 0 Å². The second kappa shape index (κ2) is 7.43. The molecule has 0 saturated carbocycles. The molecule has 9 heteroatoms. The zero-order chi connectivity index (χ0) is 20.4. The third kappa shape index (κ3) is 3.89. The highest BCUT2D eigenvalue weighted by Gasteiger charge is 2.49. The number of nitrogens with zero attached hydrogens (tertiary/aromatic N) is 1. The van der Waals surface area contributed by atoms with Crippen LogP contribution in [0.3, 0.4) is 0 Å². The number of rotatable bonds is 5. The third-order valence-electron chi connectivity index (χ3n) is 3.81. The Kier molecular flexibility index (Phi) is 5.19. The van der Waals surface area contributed by atoms with Gasteiger partial charge in [0.05, 0.1) is 0 Å². The van der Waals surface area contributed by atoms with Crippen molar-refractivity contribution in [2.75, 3.05) is 0 Å². The standard InChI is InChI=1S/C19H12F3NO4S/c20-19(21,22)28(25,26)27-23-17(14-8-2-1-3-9-14)18(24)16-12-6-10-13-7-4-5-11-15(13)16/h1-12H/b23-17+. The van der Waals surface area contributed by atoms with E-state index < -0.39 is 27.1 Å². The molecule has 0 atom stereocenters. The molecule has 0 bridgehead atoms. The van der Waals surface area contributed by atoms with Crippen LogP contribution in [0.1, 0.15) is 15.9 Å². The van der Waals surface area contributed by atoms with Crippen molar-refractivity contribution in [2.45, 2.75) is 5.51 Å². The Morgan fingerprint density at radius 2 is 1.46 bits per heavy atom. The predicted octanol–water partition coefficient (Wildman–Crippen LogP) is 4.29. The minimum absolute atomic E-state index is 0.109. The molecule has 3 aromatic rings. The summed E-state index contributed by atoms with van der Waals surface area (Å²) in [4.78, 5) is 13.0. The number of halogens is 3. The number of carbonyl (C=O) groups excluding carboxylic acids is 1. The summed E-state index contributed by atoms with van der Waals surface area (Å²) in [6.45, 7) is 0.